The van der Waals surface area contributed by atoms with Gasteiger partial charge < -0.3 is 9.47 Å². The van der Waals surface area contributed by atoms with E-state index in [1.165, 1.54) is 0 Å². The van der Waals surface area contributed by atoms with Crippen LogP contribution in [-0.4, -0.2) is 72.4 Å². The van der Waals surface area contributed by atoms with Crippen molar-refractivity contribution in [3.63, 3.8) is 0 Å². The molecule has 25 heavy (non-hydrogen) atoms. The highest BCUT2D eigenvalue weighted by molar-refractivity contribution is 7.91. The molecule has 1 amide bonds. The SMILES string of the molecule is Cn1c(C(=O)N2CCN([C@H]3CCS(=O)(=O)C3)CC2)cc2ccccc21. The molecule has 0 unspecified atom stereocenters. The van der Waals surface area contributed by atoms with Gasteiger partial charge in [0.2, 0.25) is 0 Å². The predicted octanol–water partition coefficient (Wildman–Crippen LogP) is 1.12. The molecule has 7 heteroatoms. The van der Waals surface area contributed by atoms with E-state index >= 15 is 0 Å². The second-order valence-corrected chi connectivity index (χ2v) is 9.26. The van der Waals surface area contributed by atoms with Gasteiger partial charge in [0.15, 0.2) is 9.84 Å². The van der Waals surface area contributed by atoms with Crippen molar-refractivity contribution < 1.29 is 13.2 Å². The zero-order chi connectivity index (χ0) is 17.6. The Bertz CT molecular complexity index is 911. The highest BCUT2D eigenvalue weighted by Gasteiger charge is 2.34. The number of rotatable bonds is 2. The molecule has 2 aliphatic rings. The van der Waals surface area contributed by atoms with Crippen molar-refractivity contribution in [2.75, 3.05) is 37.7 Å². The molecule has 1 aromatic carbocycles. The molecule has 1 atom stereocenters. The average molecular weight is 361 g/mol. The van der Waals surface area contributed by atoms with Gasteiger partial charge in [0, 0.05) is 50.2 Å². The van der Waals surface area contributed by atoms with Crippen molar-refractivity contribution in [2.24, 2.45) is 7.05 Å². The molecule has 2 saturated heterocycles. The molecule has 0 aliphatic carbocycles. The zero-order valence-corrected chi connectivity index (χ0v) is 15.2. The summed E-state index contributed by atoms with van der Waals surface area (Å²) in [5, 5.41) is 1.07. The lowest BCUT2D eigenvalue weighted by atomic mass is 10.2. The number of fused-ring (bicyclic) bond motifs is 1. The molecule has 4 rings (SSSR count). The molecule has 0 N–H and O–H groups in total. The van der Waals surface area contributed by atoms with E-state index in [-0.39, 0.29) is 17.7 Å². The maximum absolute atomic E-state index is 12.9. The second-order valence-electron chi connectivity index (χ2n) is 7.03. The molecular weight excluding hydrogens is 338 g/mol. The Balaban J connectivity index is 1.45. The summed E-state index contributed by atoms with van der Waals surface area (Å²) in [6, 6.07) is 10.1. The Morgan fingerprint density at radius 3 is 2.48 bits per heavy atom. The van der Waals surface area contributed by atoms with E-state index in [1.54, 1.807) is 0 Å². The largest absolute Gasteiger partial charge is 0.340 e. The fourth-order valence-corrected chi connectivity index (χ4v) is 5.77. The van der Waals surface area contributed by atoms with E-state index in [1.807, 2.05) is 46.8 Å². The molecule has 2 aliphatic heterocycles. The summed E-state index contributed by atoms with van der Waals surface area (Å²) >= 11 is 0. The molecule has 0 saturated carbocycles. The summed E-state index contributed by atoms with van der Waals surface area (Å²) in [4.78, 5) is 17.0. The summed E-state index contributed by atoms with van der Waals surface area (Å²) in [7, 11) is -0.938. The summed E-state index contributed by atoms with van der Waals surface area (Å²) in [5.41, 5.74) is 1.76. The van der Waals surface area contributed by atoms with Crippen LogP contribution in [0.2, 0.25) is 0 Å². The number of para-hydroxylation sites is 1. The Morgan fingerprint density at radius 2 is 1.84 bits per heavy atom. The number of hydrogen-bond donors (Lipinski definition) is 0. The average Bonchev–Trinajstić information content (AvgIpc) is 3.15. The monoisotopic (exact) mass is 361 g/mol. The highest BCUT2D eigenvalue weighted by atomic mass is 32.2. The van der Waals surface area contributed by atoms with Crippen molar-refractivity contribution in [2.45, 2.75) is 12.5 Å². The third-order valence-corrected chi connectivity index (χ3v) is 7.25. The van der Waals surface area contributed by atoms with Gasteiger partial charge in [-0.1, -0.05) is 18.2 Å². The Hall–Kier alpha value is -1.86. The van der Waals surface area contributed by atoms with Crippen LogP contribution in [0.3, 0.4) is 0 Å². The van der Waals surface area contributed by atoms with E-state index in [9.17, 15) is 13.2 Å². The smallest absolute Gasteiger partial charge is 0.270 e. The molecule has 0 spiro atoms. The van der Waals surface area contributed by atoms with E-state index in [0.29, 0.717) is 24.5 Å². The van der Waals surface area contributed by atoms with Crippen LogP contribution in [0.4, 0.5) is 0 Å². The van der Waals surface area contributed by atoms with Gasteiger partial charge in [0.05, 0.1) is 11.5 Å². The van der Waals surface area contributed by atoms with Crippen LogP contribution in [0.1, 0.15) is 16.9 Å². The number of sulfone groups is 1. The molecule has 1 aromatic heterocycles. The maximum atomic E-state index is 12.9. The molecular formula is C18H23N3O3S. The number of nitrogens with zero attached hydrogens (tertiary/aromatic N) is 3. The van der Waals surface area contributed by atoms with Gasteiger partial charge in [-0.25, -0.2) is 8.42 Å². The van der Waals surface area contributed by atoms with Crippen molar-refractivity contribution in [1.29, 1.82) is 0 Å². The summed E-state index contributed by atoms with van der Waals surface area (Å²) < 4.78 is 25.3. The number of hydrogen-bond acceptors (Lipinski definition) is 4. The van der Waals surface area contributed by atoms with Crippen LogP contribution < -0.4 is 0 Å². The third kappa shape index (κ3) is 3.06. The van der Waals surface area contributed by atoms with Crippen LogP contribution >= 0.6 is 0 Å². The van der Waals surface area contributed by atoms with E-state index in [0.717, 1.165) is 30.4 Å². The van der Waals surface area contributed by atoms with Crippen molar-refractivity contribution in [3.05, 3.63) is 36.0 Å². The number of carbonyl (C=O) groups is 1. The van der Waals surface area contributed by atoms with Gasteiger partial charge in [0.1, 0.15) is 5.69 Å². The molecule has 2 fully saturated rings. The first-order chi connectivity index (χ1) is 11.9. The molecule has 0 radical (unpaired) electrons. The number of amides is 1. The number of aryl methyl sites for hydroxylation is 1. The van der Waals surface area contributed by atoms with Gasteiger partial charge in [-0.3, -0.25) is 9.69 Å². The first-order valence-corrected chi connectivity index (χ1v) is 10.5. The maximum Gasteiger partial charge on any atom is 0.270 e. The zero-order valence-electron chi connectivity index (χ0n) is 14.4. The van der Waals surface area contributed by atoms with Crippen LogP contribution in [0.5, 0.6) is 0 Å². The van der Waals surface area contributed by atoms with Crippen LogP contribution in [-0.2, 0) is 16.9 Å². The summed E-state index contributed by atoms with van der Waals surface area (Å²) in [6.07, 6.45) is 0.722. The summed E-state index contributed by atoms with van der Waals surface area (Å²) in [6.45, 7) is 2.79. The lowest BCUT2D eigenvalue weighted by Gasteiger charge is -2.37. The minimum atomic E-state index is -2.86. The fourth-order valence-electron chi connectivity index (χ4n) is 4.01. The molecule has 2 aromatic rings. The topological polar surface area (TPSA) is 62.6 Å². The van der Waals surface area contributed by atoms with Gasteiger partial charge in [-0.15, -0.1) is 0 Å². The van der Waals surface area contributed by atoms with E-state index in [2.05, 4.69) is 4.90 Å². The van der Waals surface area contributed by atoms with E-state index < -0.39 is 9.84 Å². The fraction of sp³-hybridized carbons (Fsp3) is 0.500. The standard InChI is InChI=1S/C18H23N3O3S/c1-19-16-5-3-2-4-14(16)12-17(19)18(22)21-9-7-20(8-10-21)15-6-11-25(23,24)13-15/h2-5,12,15H,6-11,13H2,1H3/t15-/m0/s1. The Morgan fingerprint density at radius 1 is 1.12 bits per heavy atom. The van der Waals surface area contributed by atoms with Crippen LogP contribution in [0.15, 0.2) is 30.3 Å². The molecule has 134 valence electrons. The lowest BCUT2D eigenvalue weighted by molar-refractivity contribution is 0.0579. The van der Waals surface area contributed by atoms with Crippen molar-refractivity contribution in [1.82, 2.24) is 14.4 Å². The van der Waals surface area contributed by atoms with Gasteiger partial charge in [0.25, 0.3) is 5.91 Å². The third-order valence-electron chi connectivity index (χ3n) is 5.50. The van der Waals surface area contributed by atoms with Crippen LogP contribution in [0.25, 0.3) is 10.9 Å². The number of aromatic nitrogens is 1. The Labute approximate surface area is 147 Å². The molecule has 6 nitrogen and oxygen atoms in total. The second kappa shape index (κ2) is 6.14. The first kappa shape index (κ1) is 16.6. The highest BCUT2D eigenvalue weighted by Crippen LogP contribution is 2.22. The molecule has 3 heterocycles. The van der Waals surface area contributed by atoms with Gasteiger partial charge >= 0.3 is 0 Å². The lowest BCUT2D eigenvalue weighted by Crippen LogP contribution is -2.52. The van der Waals surface area contributed by atoms with Crippen molar-refractivity contribution >= 4 is 26.6 Å². The van der Waals surface area contributed by atoms with E-state index in [4.69, 9.17) is 0 Å². The predicted molar refractivity (Wildman–Crippen MR) is 97.5 cm³/mol. The number of benzene rings is 1. The normalized spacial score (nSPS) is 24.0. The van der Waals surface area contributed by atoms with Crippen molar-refractivity contribution in [3.8, 4) is 0 Å². The first-order valence-electron chi connectivity index (χ1n) is 8.73. The minimum Gasteiger partial charge on any atom is -0.340 e. The Kier molecular flexibility index (Phi) is 4.08. The number of piperazine rings is 1. The van der Waals surface area contributed by atoms with Gasteiger partial charge in [-0.05, 0) is 18.6 Å². The van der Waals surface area contributed by atoms with Crippen LogP contribution in [0, 0.1) is 0 Å². The number of carbonyl (C=O) groups excluding carboxylic acids is 1. The summed E-state index contributed by atoms with van der Waals surface area (Å²) in [5.74, 6) is 0.620. The minimum absolute atomic E-state index is 0.0531. The van der Waals surface area contributed by atoms with Gasteiger partial charge in [-0.2, -0.15) is 0 Å². The quantitative estimate of drug-likeness (QED) is 0.804. The molecule has 0 bridgehead atoms.